The maximum atomic E-state index is 12.0. The van der Waals surface area contributed by atoms with Crippen molar-refractivity contribution in [2.45, 2.75) is 57.5 Å². The topological polar surface area (TPSA) is 69.8 Å². The normalized spacial score (nSPS) is 21.0. The summed E-state index contributed by atoms with van der Waals surface area (Å²) in [5, 5.41) is 6.52. The Labute approximate surface area is 114 Å². The summed E-state index contributed by atoms with van der Waals surface area (Å²) in [7, 11) is 0. The number of hydrogen-bond acceptors (Lipinski definition) is 3. The number of rotatable bonds is 6. The second kappa shape index (κ2) is 7.28. The van der Waals surface area contributed by atoms with Gasteiger partial charge in [-0.1, -0.05) is 13.3 Å². The lowest BCUT2D eigenvalue weighted by Crippen LogP contribution is -2.36. The molecule has 3 N–H and O–H groups in total. The minimum Gasteiger partial charge on any atom is -0.347 e. The molecule has 0 aromatic carbocycles. The van der Waals surface area contributed by atoms with Crippen LogP contribution in [0.15, 0.2) is 12.4 Å². The van der Waals surface area contributed by atoms with Crippen LogP contribution in [0.2, 0.25) is 0 Å². The van der Waals surface area contributed by atoms with Gasteiger partial charge in [0.2, 0.25) is 5.91 Å². The lowest BCUT2D eigenvalue weighted by Gasteiger charge is -2.23. The van der Waals surface area contributed by atoms with Crippen LogP contribution in [0.4, 0.5) is 0 Å². The number of imidazole rings is 1. The molecular weight excluding hydrogens is 240 g/mol. The first-order chi connectivity index (χ1) is 9.29. The van der Waals surface area contributed by atoms with E-state index in [1.165, 1.54) is 19.3 Å². The summed E-state index contributed by atoms with van der Waals surface area (Å²) in [5.74, 6) is 0.960. The van der Waals surface area contributed by atoms with Gasteiger partial charge in [0.1, 0.15) is 5.82 Å². The maximum absolute atomic E-state index is 12.0. The fourth-order valence-corrected chi connectivity index (χ4v) is 2.57. The van der Waals surface area contributed by atoms with Gasteiger partial charge in [-0.15, -0.1) is 0 Å². The average Bonchev–Trinajstić information content (AvgIpc) is 2.97. The molecule has 2 unspecified atom stereocenters. The Morgan fingerprint density at radius 2 is 2.47 bits per heavy atom. The van der Waals surface area contributed by atoms with Crippen molar-refractivity contribution in [1.82, 2.24) is 20.6 Å². The van der Waals surface area contributed by atoms with Crippen LogP contribution in [0.1, 0.15) is 57.3 Å². The number of H-pyrrole nitrogens is 1. The summed E-state index contributed by atoms with van der Waals surface area (Å²) in [5.41, 5.74) is 0. The van der Waals surface area contributed by atoms with Crippen molar-refractivity contribution < 1.29 is 4.79 Å². The molecule has 2 atom stereocenters. The molecule has 1 aromatic heterocycles. The molecule has 19 heavy (non-hydrogen) atoms. The van der Waals surface area contributed by atoms with E-state index < -0.39 is 0 Å². The summed E-state index contributed by atoms with van der Waals surface area (Å²) in [6.45, 7) is 3.15. The largest absolute Gasteiger partial charge is 0.347 e. The standard InChI is InChI=1S/C14H24N4O/c1-2-12(14-16-9-10-17-14)18-13(19)7-6-11-5-3-4-8-15-11/h9-12,15H,2-8H2,1H3,(H,16,17)(H,18,19). The Bertz CT molecular complexity index is 371. The minimum atomic E-state index is 0.00168. The first-order valence-electron chi connectivity index (χ1n) is 7.31. The molecule has 0 aliphatic carbocycles. The highest BCUT2D eigenvalue weighted by molar-refractivity contribution is 5.76. The Balaban J connectivity index is 1.73. The van der Waals surface area contributed by atoms with E-state index in [2.05, 4.69) is 27.5 Å². The van der Waals surface area contributed by atoms with Crippen LogP contribution in [-0.2, 0) is 4.79 Å². The molecule has 0 bridgehead atoms. The molecule has 1 aliphatic rings. The van der Waals surface area contributed by atoms with Gasteiger partial charge in [0.15, 0.2) is 0 Å². The Morgan fingerprint density at radius 3 is 3.11 bits per heavy atom. The molecule has 2 rings (SSSR count). The molecule has 0 radical (unpaired) electrons. The van der Waals surface area contributed by atoms with Crippen molar-refractivity contribution in [3.63, 3.8) is 0 Å². The Morgan fingerprint density at radius 1 is 1.58 bits per heavy atom. The number of nitrogens with one attached hydrogen (secondary N) is 3. The third kappa shape index (κ3) is 4.35. The average molecular weight is 264 g/mol. The third-order valence-corrected chi connectivity index (χ3v) is 3.73. The van der Waals surface area contributed by atoms with Crippen molar-refractivity contribution in [2.75, 3.05) is 6.54 Å². The van der Waals surface area contributed by atoms with E-state index in [1.807, 2.05) is 0 Å². The molecule has 1 aromatic rings. The summed E-state index contributed by atoms with van der Waals surface area (Å²) in [6.07, 6.45) is 9.62. The molecule has 1 fully saturated rings. The summed E-state index contributed by atoms with van der Waals surface area (Å²) < 4.78 is 0. The van der Waals surface area contributed by atoms with Crippen LogP contribution in [-0.4, -0.2) is 28.5 Å². The number of amides is 1. The van der Waals surface area contributed by atoms with Crippen molar-refractivity contribution in [2.24, 2.45) is 0 Å². The maximum Gasteiger partial charge on any atom is 0.220 e. The highest BCUT2D eigenvalue weighted by Gasteiger charge is 2.17. The number of carbonyl (C=O) groups is 1. The first-order valence-corrected chi connectivity index (χ1v) is 7.31. The van der Waals surface area contributed by atoms with Gasteiger partial charge >= 0.3 is 0 Å². The van der Waals surface area contributed by atoms with E-state index in [0.717, 1.165) is 25.2 Å². The van der Waals surface area contributed by atoms with Crippen LogP contribution < -0.4 is 10.6 Å². The SMILES string of the molecule is CCC(NC(=O)CCC1CCCCN1)c1ncc[nH]1. The van der Waals surface area contributed by atoms with Crippen molar-refractivity contribution in [1.29, 1.82) is 0 Å². The number of nitrogens with zero attached hydrogens (tertiary/aromatic N) is 1. The number of piperidine rings is 1. The van der Waals surface area contributed by atoms with Crippen molar-refractivity contribution in [3.8, 4) is 0 Å². The zero-order valence-electron chi connectivity index (χ0n) is 11.6. The van der Waals surface area contributed by atoms with Gasteiger partial charge in [-0.2, -0.15) is 0 Å². The predicted octanol–water partition coefficient (Wildman–Crippen LogP) is 1.90. The summed E-state index contributed by atoms with van der Waals surface area (Å²) >= 11 is 0. The van der Waals surface area contributed by atoms with Crippen LogP contribution >= 0.6 is 0 Å². The zero-order valence-corrected chi connectivity index (χ0v) is 11.6. The van der Waals surface area contributed by atoms with E-state index in [9.17, 15) is 4.79 Å². The molecule has 5 heteroatoms. The van der Waals surface area contributed by atoms with E-state index in [1.54, 1.807) is 12.4 Å². The van der Waals surface area contributed by atoms with Crippen molar-refractivity contribution >= 4 is 5.91 Å². The van der Waals surface area contributed by atoms with Gasteiger partial charge in [-0.25, -0.2) is 4.98 Å². The van der Waals surface area contributed by atoms with Gasteiger partial charge in [-0.3, -0.25) is 4.79 Å². The lowest BCUT2D eigenvalue weighted by molar-refractivity contribution is -0.122. The monoisotopic (exact) mass is 264 g/mol. The van der Waals surface area contributed by atoms with Gasteiger partial charge in [0.25, 0.3) is 0 Å². The number of hydrogen-bond donors (Lipinski definition) is 3. The fourth-order valence-electron chi connectivity index (χ4n) is 2.57. The molecule has 5 nitrogen and oxygen atoms in total. The molecular formula is C14H24N4O. The smallest absolute Gasteiger partial charge is 0.220 e. The third-order valence-electron chi connectivity index (χ3n) is 3.73. The highest BCUT2D eigenvalue weighted by atomic mass is 16.1. The molecule has 0 saturated carbocycles. The molecule has 2 heterocycles. The summed E-state index contributed by atoms with van der Waals surface area (Å²) in [6, 6.07) is 0.519. The van der Waals surface area contributed by atoms with Crippen LogP contribution in [0.5, 0.6) is 0 Å². The van der Waals surface area contributed by atoms with Crippen LogP contribution in [0.25, 0.3) is 0 Å². The zero-order chi connectivity index (χ0) is 13.5. The van der Waals surface area contributed by atoms with Crippen LogP contribution in [0, 0.1) is 0 Å². The van der Waals surface area contributed by atoms with Gasteiger partial charge in [-0.05, 0) is 32.2 Å². The molecule has 106 valence electrons. The summed E-state index contributed by atoms with van der Waals surface area (Å²) in [4.78, 5) is 19.2. The highest BCUT2D eigenvalue weighted by Crippen LogP contribution is 2.14. The van der Waals surface area contributed by atoms with Gasteiger partial charge < -0.3 is 15.6 Å². The number of aromatic amines is 1. The van der Waals surface area contributed by atoms with Gasteiger partial charge in [0, 0.05) is 24.9 Å². The fraction of sp³-hybridized carbons (Fsp3) is 0.714. The molecule has 1 aliphatic heterocycles. The molecule has 0 spiro atoms. The molecule has 1 amide bonds. The van der Waals surface area contributed by atoms with Gasteiger partial charge in [0.05, 0.1) is 6.04 Å². The van der Waals surface area contributed by atoms with E-state index >= 15 is 0 Å². The Kier molecular flexibility index (Phi) is 5.39. The quantitative estimate of drug-likeness (QED) is 0.735. The second-order valence-electron chi connectivity index (χ2n) is 5.19. The van der Waals surface area contributed by atoms with E-state index in [4.69, 9.17) is 0 Å². The Hall–Kier alpha value is -1.36. The first kappa shape index (κ1) is 14.1. The molecule has 1 saturated heterocycles. The number of carbonyl (C=O) groups excluding carboxylic acids is 1. The van der Waals surface area contributed by atoms with E-state index in [0.29, 0.717) is 12.5 Å². The predicted molar refractivity (Wildman–Crippen MR) is 74.6 cm³/mol. The van der Waals surface area contributed by atoms with Crippen LogP contribution in [0.3, 0.4) is 0 Å². The number of aromatic nitrogens is 2. The van der Waals surface area contributed by atoms with E-state index in [-0.39, 0.29) is 11.9 Å². The van der Waals surface area contributed by atoms with Crippen molar-refractivity contribution in [3.05, 3.63) is 18.2 Å². The second-order valence-corrected chi connectivity index (χ2v) is 5.19. The lowest BCUT2D eigenvalue weighted by atomic mass is 10.0. The minimum absolute atomic E-state index is 0.00168.